The molecule has 1 N–H and O–H groups in total. The number of halogens is 2. The summed E-state index contributed by atoms with van der Waals surface area (Å²) in [5, 5.41) is 14.4. The molecule has 0 fully saturated rings. The second kappa shape index (κ2) is 7.93. The first kappa shape index (κ1) is 17.2. The Morgan fingerprint density at radius 3 is 2.78 bits per heavy atom. The van der Waals surface area contributed by atoms with Crippen molar-refractivity contribution in [3.63, 3.8) is 0 Å². The van der Waals surface area contributed by atoms with Gasteiger partial charge in [-0.3, -0.25) is 5.43 Å². The lowest BCUT2D eigenvalue weighted by Gasteiger charge is -2.09. The second-order valence-electron chi connectivity index (χ2n) is 4.73. The van der Waals surface area contributed by atoms with Crippen LogP contribution in [0.5, 0.6) is 0 Å². The van der Waals surface area contributed by atoms with Crippen LogP contribution in [-0.2, 0) is 11.3 Å². The number of hydrazone groups is 1. The van der Waals surface area contributed by atoms with Crippen molar-refractivity contribution in [2.75, 3.05) is 12.5 Å². The molecule has 0 amide bonds. The predicted molar refractivity (Wildman–Crippen MR) is 92.1 cm³/mol. The molecule has 2 aromatic rings. The van der Waals surface area contributed by atoms with Gasteiger partial charge in [-0.15, -0.1) is 0 Å². The summed E-state index contributed by atoms with van der Waals surface area (Å²) >= 11 is 11.8. The van der Waals surface area contributed by atoms with Crippen LogP contribution >= 0.6 is 23.2 Å². The highest BCUT2D eigenvalue weighted by Gasteiger charge is 2.10. The number of aromatic nitrogens is 1. The molecule has 5 nitrogen and oxygen atoms in total. The summed E-state index contributed by atoms with van der Waals surface area (Å²) in [4.78, 5) is 4.30. The highest BCUT2D eigenvalue weighted by molar-refractivity contribution is 6.42. The van der Waals surface area contributed by atoms with Crippen molar-refractivity contribution >= 4 is 35.2 Å². The third kappa shape index (κ3) is 4.42. The van der Waals surface area contributed by atoms with Crippen LogP contribution in [0.4, 0.5) is 5.82 Å². The van der Waals surface area contributed by atoms with Gasteiger partial charge in [0.1, 0.15) is 11.6 Å². The molecule has 1 aromatic heterocycles. The molecule has 7 heteroatoms. The molecule has 0 aliphatic carbocycles. The van der Waals surface area contributed by atoms with Crippen molar-refractivity contribution in [3.05, 3.63) is 56.7 Å². The molecule has 118 valence electrons. The van der Waals surface area contributed by atoms with Crippen molar-refractivity contribution in [2.45, 2.75) is 13.5 Å². The maximum absolute atomic E-state index is 9.33. The number of hydrogen-bond acceptors (Lipinski definition) is 5. The van der Waals surface area contributed by atoms with Gasteiger partial charge in [-0.25, -0.2) is 4.98 Å². The van der Waals surface area contributed by atoms with Gasteiger partial charge in [-0.05, 0) is 30.7 Å². The van der Waals surface area contributed by atoms with Gasteiger partial charge in [0.25, 0.3) is 0 Å². The zero-order valence-corrected chi connectivity index (χ0v) is 14.1. The average molecular weight is 349 g/mol. The lowest BCUT2D eigenvalue weighted by molar-refractivity contribution is 0.184. The lowest BCUT2D eigenvalue weighted by atomic mass is 10.1. The number of anilines is 1. The zero-order valence-electron chi connectivity index (χ0n) is 12.6. The first-order valence-corrected chi connectivity index (χ1v) is 7.44. The van der Waals surface area contributed by atoms with Crippen molar-refractivity contribution < 1.29 is 4.74 Å². The summed E-state index contributed by atoms with van der Waals surface area (Å²) < 4.78 is 5.11. The number of methoxy groups -OCH3 is 1. The minimum atomic E-state index is 0.331. The SMILES string of the molecule is COCc1cc(C)nc(N/N=C/c2ccc(Cl)c(Cl)c2)c1C#N. The number of pyridine rings is 1. The summed E-state index contributed by atoms with van der Waals surface area (Å²) in [6.07, 6.45) is 1.57. The number of aryl methyl sites for hydroxylation is 1. The number of ether oxygens (including phenoxy) is 1. The maximum atomic E-state index is 9.33. The van der Waals surface area contributed by atoms with E-state index in [1.54, 1.807) is 31.5 Å². The number of nitriles is 1. The number of benzene rings is 1. The molecule has 0 saturated carbocycles. The molecule has 0 radical (unpaired) electrons. The van der Waals surface area contributed by atoms with Crippen LogP contribution in [0.1, 0.15) is 22.4 Å². The quantitative estimate of drug-likeness (QED) is 0.650. The first-order chi connectivity index (χ1) is 11.0. The molecule has 23 heavy (non-hydrogen) atoms. The number of hydrogen-bond donors (Lipinski definition) is 1. The van der Waals surface area contributed by atoms with Gasteiger partial charge in [0.2, 0.25) is 0 Å². The summed E-state index contributed by atoms with van der Waals surface area (Å²) in [6, 6.07) is 9.10. The summed E-state index contributed by atoms with van der Waals surface area (Å²) in [5.41, 5.74) is 5.50. The van der Waals surface area contributed by atoms with E-state index in [9.17, 15) is 5.26 Å². The monoisotopic (exact) mass is 348 g/mol. The molecule has 0 bridgehead atoms. The van der Waals surface area contributed by atoms with E-state index < -0.39 is 0 Å². The minimum Gasteiger partial charge on any atom is -0.380 e. The topological polar surface area (TPSA) is 70.3 Å². The number of nitrogens with zero attached hydrogens (tertiary/aromatic N) is 3. The number of rotatable bonds is 5. The fourth-order valence-corrected chi connectivity index (χ4v) is 2.28. The molecule has 1 heterocycles. The molecule has 1 aromatic carbocycles. The standard InChI is InChI=1S/C16H14Cl2N4O/c1-10-5-12(9-23-2)13(7-19)16(21-10)22-20-8-11-3-4-14(17)15(18)6-11/h3-6,8H,9H2,1-2H3,(H,21,22)/b20-8+. The molecule has 0 unspecified atom stereocenters. The Morgan fingerprint density at radius 2 is 2.13 bits per heavy atom. The van der Waals surface area contributed by atoms with Crippen molar-refractivity contribution in [2.24, 2.45) is 5.10 Å². The Bertz CT molecular complexity index is 784. The van der Waals surface area contributed by atoms with Crippen LogP contribution < -0.4 is 5.43 Å². The third-order valence-electron chi connectivity index (χ3n) is 2.97. The predicted octanol–water partition coefficient (Wildman–Crippen LogP) is 4.16. The Kier molecular flexibility index (Phi) is 5.94. The summed E-state index contributed by atoms with van der Waals surface area (Å²) in [7, 11) is 1.58. The summed E-state index contributed by atoms with van der Waals surface area (Å²) in [5.74, 6) is 0.385. The van der Waals surface area contributed by atoms with Crippen molar-refractivity contribution in [3.8, 4) is 6.07 Å². The molecule has 2 rings (SSSR count). The Hall–Kier alpha value is -2.13. The molecule has 0 aliphatic rings. The largest absolute Gasteiger partial charge is 0.380 e. The van der Waals surface area contributed by atoms with Crippen LogP contribution in [0.3, 0.4) is 0 Å². The second-order valence-corrected chi connectivity index (χ2v) is 5.55. The highest BCUT2D eigenvalue weighted by atomic mass is 35.5. The van der Waals surface area contributed by atoms with Crippen LogP contribution in [0.15, 0.2) is 29.4 Å². The highest BCUT2D eigenvalue weighted by Crippen LogP contribution is 2.22. The van der Waals surface area contributed by atoms with E-state index in [4.69, 9.17) is 27.9 Å². The van der Waals surface area contributed by atoms with Gasteiger partial charge in [-0.1, -0.05) is 29.3 Å². The number of nitrogens with one attached hydrogen (secondary N) is 1. The maximum Gasteiger partial charge on any atom is 0.164 e. The van der Waals surface area contributed by atoms with Gasteiger partial charge >= 0.3 is 0 Å². The summed E-state index contributed by atoms with van der Waals surface area (Å²) in [6.45, 7) is 2.17. The Balaban J connectivity index is 2.24. The van der Waals surface area contributed by atoms with Crippen molar-refractivity contribution in [1.82, 2.24) is 4.98 Å². The average Bonchev–Trinajstić information content (AvgIpc) is 2.51. The van der Waals surface area contributed by atoms with Crippen LogP contribution in [0.25, 0.3) is 0 Å². The Labute approximate surface area is 144 Å². The van der Waals surface area contributed by atoms with Gasteiger partial charge in [0, 0.05) is 18.4 Å². The molecule has 0 atom stereocenters. The van der Waals surface area contributed by atoms with Crippen LogP contribution in [0, 0.1) is 18.3 Å². The minimum absolute atomic E-state index is 0.331. The van der Waals surface area contributed by atoms with Crippen LogP contribution in [-0.4, -0.2) is 18.3 Å². The van der Waals surface area contributed by atoms with Gasteiger partial charge in [0.15, 0.2) is 5.82 Å². The molecule has 0 spiro atoms. The lowest BCUT2D eigenvalue weighted by Crippen LogP contribution is -2.03. The fourth-order valence-electron chi connectivity index (χ4n) is 1.98. The van der Waals surface area contributed by atoms with E-state index in [1.165, 1.54) is 0 Å². The van der Waals surface area contributed by atoms with E-state index in [0.29, 0.717) is 28.0 Å². The van der Waals surface area contributed by atoms with E-state index in [2.05, 4.69) is 21.6 Å². The normalized spacial score (nSPS) is 10.7. The van der Waals surface area contributed by atoms with Crippen molar-refractivity contribution in [1.29, 1.82) is 5.26 Å². The van der Waals surface area contributed by atoms with E-state index in [-0.39, 0.29) is 0 Å². The molecular weight excluding hydrogens is 335 g/mol. The van der Waals surface area contributed by atoms with Crippen LogP contribution in [0.2, 0.25) is 10.0 Å². The zero-order chi connectivity index (χ0) is 16.8. The first-order valence-electron chi connectivity index (χ1n) is 6.69. The van der Waals surface area contributed by atoms with E-state index in [1.807, 2.05) is 13.0 Å². The van der Waals surface area contributed by atoms with E-state index in [0.717, 1.165) is 16.8 Å². The third-order valence-corrected chi connectivity index (χ3v) is 3.71. The Morgan fingerprint density at radius 1 is 1.35 bits per heavy atom. The van der Waals surface area contributed by atoms with Gasteiger partial charge in [0.05, 0.1) is 22.9 Å². The van der Waals surface area contributed by atoms with Gasteiger partial charge in [-0.2, -0.15) is 10.4 Å². The smallest absolute Gasteiger partial charge is 0.164 e. The fraction of sp³-hybridized carbons (Fsp3) is 0.188. The van der Waals surface area contributed by atoms with E-state index >= 15 is 0 Å². The van der Waals surface area contributed by atoms with Gasteiger partial charge < -0.3 is 4.74 Å². The molecule has 0 aliphatic heterocycles. The molecule has 0 saturated heterocycles. The molecular formula is C16H14Cl2N4O.